The van der Waals surface area contributed by atoms with Crippen LogP contribution in [0.1, 0.15) is 38.3 Å². The summed E-state index contributed by atoms with van der Waals surface area (Å²) in [5.74, 6) is -0.653. The number of likely N-dealkylation sites (tertiary alicyclic amines) is 1. The van der Waals surface area contributed by atoms with E-state index in [9.17, 15) is 9.59 Å². The zero-order chi connectivity index (χ0) is 23.4. The Morgan fingerprint density at radius 1 is 0.879 bits per heavy atom. The van der Waals surface area contributed by atoms with Gasteiger partial charge >= 0.3 is 0 Å². The summed E-state index contributed by atoms with van der Waals surface area (Å²) in [6.07, 6.45) is 5.08. The molecule has 2 atom stereocenters. The molecule has 0 N–H and O–H groups in total. The van der Waals surface area contributed by atoms with Crippen LogP contribution in [0.3, 0.4) is 0 Å². The minimum Gasteiger partial charge on any atom is -0.315 e. The fourth-order valence-corrected chi connectivity index (χ4v) is 4.43. The Morgan fingerprint density at radius 2 is 1.45 bits per heavy atom. The van der Waals surface area contributed by atoms with E-state index in [1.165, 1.54) is 11.1 Å². The minimum atomic E-state index is -0.584. The average molecular weight is 438 g/mol. The maximum absolute atomic E-state index is 13.3. The van der Waals surface area contributed by atoms with Crippen molar-refractivity contribution in [3.63, 3.8) is 0 Å². The summed E-state index contributed by atoms with van der Waals surface area (Å²) in [5, 5.41) is 0. The molecule has 4 rings (SSSR count). The van der Waals surface area contributed by atoms with Crippen LogP contribution in [0.25, 0.3) is 17.2 Å². The van der Waals surface area contributed by atoms with Crippen LogP contribution < -0.4 is 0 Å². The van der Waals surface area contributed by atoms with E-state index in [1.54, 1.807) is 4.90 Å². The molecule has 1 aliphatic heterocycles. The molecule has 0 bridgehead atoms. The Kier molecular flexibility index (Phi) is 6.60. The minimum absolute atomic E-state index is 0.0209. The first-order chi connectivity index (χ1) is 15.8. The summed E-state index contributed by atoms with van der Waals surface area (Å²) in [5.41, 5.74) is 4.00. The van der Waals surface area contributed by atoms with Crippen molar-refractivity contribution in [1.29, 1.82) is 0 Å². The van der Waals surface area contributed by atoms with E-state index < -0.39 is 11.3 Å². The smallest absolute Gasteiger partial charge is 0.237 e. The van der Waals surface area contributed by atoms with Gasteiger partial charge < -0.3 is 4.90 Å². The van der Waals surface area contributed by atoms with E-state index in [4.69, 9.17) is 0 Å². The molecule has 3 nitrogen and oxygen atoms in total. The fraction of sp³-hybridized carbons (Fsp3) is 0.267. The molecular formula is C30H31NO2. The van der Waals surface area contributed by atoms with Gasteiger partial charge in [-0.25, -0.2) is 0 Å². The van der Waals surface area contributed by atoms with Gasteiger partial charge in [0, 0.05) is 17.7 Å². The van der Waals surface area contributed by atoms with Gasteiger partial charge in [-0.05, 0) is 41.2 Å². The normalized spacial score (nSPS) is 18.8. The number of benzene rings is 3. The molecule has 0 spiro atoms. The number of amides is 1. The second kappa shape index (κ2) is 9.58. The average Bonchev–Trinajstić information content (AvgIpc) is 3.13. The zero-order valence-corrected chi connectivity index (χ0v) is 19.6. The predicted octanol–water partition coefficient (Wildman–Crippen LogP) is 6.40. The molecule has 3 heteroatoms. The number of ketones is 1. The summed E-state index contributed by atoms with van der Waals surface area (Å²) in [7, 11) is 0. The first-order valence-corrected chi connectivity index (χ1v) is 11.6. The van der Waals surface area contributed by atoms with Crippen LogP contribution >= 0.6 is 0 Å². The summed E-state index contributed by atoms with van der Waals surface area (Å²) < 4.78 is 0. The molecule has 168 valence electrons. The molecule has 1 fully saturated rings. The van der Waals surface area contributed by atoms with E-state index in [1.807, 2.05) is 81.6 Å². The van der Waals surface area contributed by atoms with Crippen LogP contribution in [-0.2, 0) is 16.0 Å². The number of hydrogen-bond acceptors (Lipinski definition) is 2. The van der Waals surface area contributed by atoms with Crippen LogP contribution in [0, 0.1) is 11.3 Å². The number of Topliss-reactive ketones (excluding diaryl/α,β-unsaturated/α-hetero) is 1. The molecule has 3 aromatic rings. The van der Waals surface area contributed by atoms with Crippen molar-refractivity contribution in [1.82, 2.24) is 4.90 Å². The van der Waals surface area contributed by atoms with Gasteiger partial charge in [0.1, 0.15) is 0 Å². The topological polar surface area (TPSA) is 37.4 Å². The summed E-state index contributed by atoms with van der Waals surface area (Å²) >= 11 is 0. The molecule has 1 amide bonds. The lowest BCUT2D eigenvalue weighted by Crippen LogP contribution is -2.34. The number of rotatable bonds is 6. The van der Waals surface area contributed by atoms with Gasteiger partial charge in [0.2, 0.25) is 5.91 Å². The Hall–Kier alpha value is -3.46. The molecule has 3 aromatic carbocycles. The lowest BCUT2D eigenvalue weighted by atomic mass is 9.81. The van der Waals surface area contributed by atoms with Gasteiger partial charge in [-0.3, -0.25) is 9.59 Å². The fourth-order valence-electron chi connectivity index (χ4n) is 4.43. The molecule has 1 aliphatic rings. The summed E-state index contributed by atoms with van der Waals surface area (Å²) in [6, 6.07) is 28.7. The van der Waals surface area contributed by atoms with Crippen LogP contribution in [-0.4, -0.2) is 22.6 Å². The molecule has 0 radical (unpaired) electrons. The molecular weight excluding hydrogens is 406 g/mol. The lowest BCUT2D eigenvalue weighted by molar-refractivity contribution is -0.139. The maximum Gasteiger partial charge on any atom is 0.237 e. The molecule has 0 saturated carbocycles. The second-order valence-electron chi connectivity index (χ2n) is 9.80. The third kappa shape index (κ3) is 5.31. The Balaban J connectivity index is 1.57. The highest BCUT2D eigenvalue weighted by Crippen LogP contribution is 2.34. The van der Waals surface area contributed by atoms with Gasteiger partial charge in [0.15, 0.2) is 5.78 Å². The molecule has 1 heterocycles. The maximum atomic E-state index is 13.3. The van der Waals surface area contributed by atoms with E-state index in [0.29, 0.717) is 12.8 Å². The summed E-state index contributed by atoms with van der Waals surface area (Å²) in [6.45, 7) is 5.67. The molecule has 0 aliphatic carbocycles. The third-order valence-electron chi connectivity index (χ3n) is 6.27. The van der Waals surface area contributed by atoms with Crippen molar-refractivity contribution in [2.75, 3.05) is 0 Å². The van der Waals surface area contributed by atoms with Crippen LogP contribution in [0.5, 0.6) is 0 Å². The van der Waals surface area contributed by atoms with Gasteiger partial charge in [-0.1, -0.05) is 106 Å². The Bertz CT molecular complexity index is 1130. The van der Waals surface area contributed by atoms with Crippen LogP contribution in [0.4, 0.5) is 0 Å². The van der Waals surface area contributed by atoms with Gasteiger partial charge in [0.25, 0.3) is 0 Å². The molecule has 1 saturated heterocycles. The van der Waals surface area contributed by atoms with Crippen molar-refractivity contribution in [2.45, 2.75) is 39.7 Å². The molecule has 33 heavy (non-hydrogen) atoms. The number of carbonyl (C=O) groups excluding carboxylic acids is 2. The van der Waals surface area contributed by atoms with E-state index in [2.05, 4.69) is 36.4 Å². The number of carbonyl (C=O) groups is 2. The monoisotopic (exact) mass is 437 g/mol. The lowest BCUT2D eigenvalue weighted by Gasteiger charge is -2.21. The number of nitrogens with zero attached hydrogens (tertiary/aromatic N) is 1. The molecule has 1 unspecified atom stereocenters. The SMILES string of the molecule is CC(C)(C)C(=O)[C@@H]1CC(Cc2ccc(-c3ccccc3)cc2)N(/C=C/c2ccccc2)C1=O. The van der Waals surface area contributed by atoms with Crippen molar-refractivity contribution >= 4 is 17.8 Å². The van der Waals surface area contributed by atoms with Crippen molar-refractivity contribution in [3.8, 4) is 11.1 Å². The van der Waals surface area contributed by atoms with Gasteiger partial charge in [-0.15, -0.1) is 0 Å². The van der Waals surface area contributed by atoms with E-state index in [0.717, 1.165) is 11.1 Å². The first kappa shape index (κ1) is 22.7. The zero-order valence-electron chi connectivity index (χ0n) is 19.6. The van der Waals surface area contributed by atoms with Crippen molar-refractivity contribution in [3.05, 3.63) is 102 Å². The third-order valence-corrected chi connectivity index (χ3v) is 6.27. The quantitative estimate of drug-likeness (QED) is 0.419. The second-order valence-corrected chi connectivity index (χ2v) is 9.80. The van der Waals surface area contributed by atoms with Crippen LogP contribution in [0.15, 0.2) is 91.1 Å². The highest BCUT2D eigenvalue weighted by atomic mass is 16.2. The Morgan fingerprint density at radius 3 is 2.06 bits per heavy atom. The predicted molar refractivity (Wildman–Crippen MR) is 134 cm³/mol. The molecule has 0 aromatic heterocycles. The highest BCUT2D eigenvalue weighted by Gasteiger charge is 2.45. The van der Waals surface area contributed by atoms with Gasteiger partial charge in [0.05, 0.1) is 5.92 Å². The number of hydrogen-bond donors (Lipinski definition) is 0. The van der Waals surface area contributed by atoms with Crippen LogP contribution in [0.2, 0.25) is 0 Å². The van der Waals surface area contributed by atoms with Crippen molar-refractivity contribution in [2.24, 2.45) is 11.3 Å². The van der Waals surface area contributed by atoms with E-state index >= 15 is 0 Å². The standard InChI is InChI=1S/C30H31NO2/c1-30(2,3)28(32)27-21-26(31(29(27)33)19-18-22-10-6-4-7-11-22)20-23-14-16-25(17-15-23)24-12-8-5-9-13-24/h4-19,26-27H,20-21H2,1-3H3/b19-18+/t26?,27-/m0/s1. The van der Waals surface area contributed by atoms with E-state index in [-0.39, 0.29) is 17.7 Å². The summed E-state index contributed by atoms with van der Waals surface area (Å²) in [4.78, 5) is 28.1. The largest absolute Gasteiger partial charge is 0.315 e. The van der Waals surface area contributed by atoms with Gasteiger partial charge in [-0.2, -0.15) is 0 Å². The van der Waals surface area contributed by atoms with Crippen molar-refractivity contribution < 1.29 is 9.59 Å². The Labute approximate surface area is 196 Å². The first-order valence-electron chi connectivity index (χ1n) is 11.6. The highest BCUT2D eigenvalue weighted by molar-refractivity contribution is 6.05.